The lowest BCUT2D eigenvalue weighted by atomic mass is 9.97. The van der Waals surface area contributed by atoms with E-state index < -0.39 is 26.7 Å². The third kappa shape index (κ3) is 6.65. The van der Waals surface area contributed by atoms with Gasteiger partial charge in [0.1, 0.15) is 0 Å². The molecular weight excluding hydrogens is 637 g/mol. The van der Waals surface area contributed by atoms with Crippen LogP contribution in [0, 0.1) is 6.92 Å². The van der Waals surface area contributed by atoms with E-state index >= 15 is 0 Å². The molecule has 0 aliphatic rings. The highest BCUT2D eigenvalue weighted by Crippen LogP contribution is 2.44. The Morgan fingerprint density at radius 2 is 1.26 bits per heavy atom. The van der Waals surface area contributed by atoms with Gasteiger partial charge >= 0.3 is 0 Å². The molecule has 9 heteroatoms. The van der Waals surface area contributed by atoms with E-state index in [0.717, 1.165) is 33.3 Å². The Labute approximate surface area is 283 Å². The van der Waals surface area contributed by atoms with E-state index in [4.69, 9.17) is 13.8 Å². The quantitative estimate of drug-likeness (QED) is 0.144. The highest BCUT2D eigenvalue weighted by atomic mass is 32.2. The third-order valence-corrected chi connectivity index (χ3v) is 21.0. The summed E-state index contributed by atoms with van der Waals surface area (Å²) in [5.74, 6) is 0. The predicted octanol–water partition coefficient (Wildman–Crippen LogP) is 10.4. The van der Waals surface area contributed by atoms with Gasteiger partial charge in [-0.25, -0.2) is 17.4 Å². The number of nitrogens with zero attached hydrogens (tertiary/aromatic N) is 2. The van der Waals surface area contributed by atoms with Crippen LogP contribution in [0.1, 0.15) is 58.4 Å². The molecule has 0 spiro atoms. The van der Waals surface area contributed by atoms with Crippen molar-refractivity contribution in [2.45, 2.75) is 103 Å². The molecule has 47 heavy (non-hydrogen) atoms. The number of aromatic nitrogens is 2. The molecule has 0 unspecified atom stereocenters. The molecule has 0 N–H and O–H groups in total. The molecular formula is C38H50N2O4SSi2. The Kier molecular flexibility index (Phi) is 9.31. The van der Waals surface area contributed by atoms with E-state index in [1.165, 1.54) is 3.97 Å². The van der Waals surface area contributed by atoms with Crippen LogP contribution >= 0.6 is 0 Å². The molecule has 3 aromatic carbocycles. The molecule has 0 saturated carbocycles. The Hall–Kier alpha value is -3.09. The minimum atomic E-state index is -4.03. The van der Waals surface area contributed by atoms with Gasteiger partial charge in [0.25, 0.3) is 10.0 Å². The molecule has 0 aliphatic carbocycles. The highest BCUT2D eigenvalue weighted by Gasteiger charge is 2.40. The fraction of sp³-hybridized carbons (Fsp3) is 0.395. The highest BCUT2D eigenvalue weighted by molar-refractivity contribution is 7.90. The molecule has 6 nitrogen and oxygen atoms in total. The number of aryl methyl sites for hydroxylation is 1. The molecule has 0 atom stereocenters. The van der Waals surface area contributed by atoms with E-state index in [2.05, 4.69) is 67.7 Å². The SMILES string of the molecule is Cc1ccc(S(=O)(=O)n2c3ccccc3c3nc(CO[Si](C)(C)C(C)(C)C)c(CO[Si](C)(C)C(C)(C)C)c(-c4ccccc4)c32)cc1. The third-order valence-electron chi connectivity index (χ3n) is 10.3. The second kappa shape index (κ2) is 12.4. The molecule has 2 aromatic heterocycles. The van der Waals surface area contributed by atoms with Crippen molar-refractivity contribution >= 4 is 48.6 Å². The number of pyridine rings is 1. The first-order valence-corrected chi connectivity index (χ1v) is 23.6. The van der Waals surface area contributed by atoms with E-state index in [-0.39, 0.29) is 15.0 Å². The van der Waals surface area contributed by atoms with Gasteiger partial charge < -0.3 is 8.85 Å². The largest absolute Gasteiger partial charge is 0.412 e. The predicted molar refractivity (Wildman–Crippen MR) is 200 cm³/mol. The Balaban J connectivity index is 1.91. The fourth-order valence-corrected chi connectivity index (χ4v) is 8.60. The smallest absolute Gasteiger partial charge is 0.268 e. The first kappa shape index (κ1) is 35.2. The van der Waals surface area contributed by atoms with Crippen molar-refractivity contribution in [2.75, 3.05) is 0 Å². The van der Waals surface area contributed by atoms with Gasteiger partial charge in [0.2, 0.25) is 0 Å². The van der Waals surface area contributed by atoms with Gasteiger partial charge in [0.05, 0.1) is 40.4 Å². The minimum Gasteiger partial charge on any atom is -0.412 e. The number of fused-ring (bicyclic) bond motifs is 3. The molecule has 0 fully saturated rings. The number of rotatable bonds is 9. The van der Waals surface area contributed by atoms with E-state index in [1.807, 2.05) is 73.7 Å². The van der Waals surface area contributed by atoms with Crippen LogP contribution in [0.5, 0.6) is 0 Å². The van der Waals surface area contributed by atoms with Crippen LogP contribution in [0.3, 0.4) is 0 Å². The monoisotopic (exact) mass is 686 g/mol. The summed E-state index contributed by atoms with van der Waals surface area (Å²) in [5.41, 5.74) is 6.16. The summed E-state index contributed by atoms with van der Waals surface area (Å²) >= 11 is 0. The Bertz CT molecular complexity index is 2020. The molecule has 0 radical (unpaired) electrons. The van der Waals surface area contributed by atoms with E-state index in [9.17, 15) is 8.42 Å². The van der Waals surface area contributed by atoms with Gasteiger partial charge in [0.15, 0.2) is 16.6 Å². The summed E-state index contributed by atoms with van der Waals surface area (Å²) in [6, 6.07) is 24.8. The van der Waals surface area contributed by atoms with Crippen LogP contribution in [0.4, 0.5) is 0 Å². The van der Waals surface area contributed by atoms with Crippen molar-refractivity contribution < 1.29 is 17.3 Å². The first-order valence-electron chi connectivity index (χ1n) is 16.4. The normalized spacial score (nSPS) is 13.5. The average molecular weight is 687 g/mol. The standard InChI is InChI=1S/C38H50N2O4SSi2/c1-27-21-23-29(24-22-27)45(41,42)40-33-20-16-15-19-30(33)35-36(40)34(28-17-13-12-14-18-28)31(25-43-46(8,9)37(2,3)4)32(39-35)26-44-47(10,11)38(5,6)7/h12-24H,25-26H2,1-11H3. The van der Waals surface area contributed by atoms with Crippen molar-refractivity contribution in [3.63, 3.8) is 0 Å². The number of para-hydroxylation sites is 1. The van der Waals surface area contributed by atoms with Crippen LogP contribution < -0.4 is 0 Å². The second-order valence-electron chi connectivity index (χ2n) is 15.7. The van der Waals surface area contributed by atoms with Crippen molar-refractivity contribution in [3.8, 4) is 11.1 Å². The maximum Gasteiger partial charge on any atom is 0.268 e. The van der Waals surface area contributed by atoms with Gasteiger partial charge in [0, 0.05) is 16.5 Å². The molecule has 250 valence electrons. The summed E-state index contributed by atoms with van der Waals surface area (Å²) in [4.78, 5) is 5.56. The fourth-order valence-electron chi connectivity index (χ4n) is 5.21. The number of hydrogen-bond acceptors (Lipinski definition) is 5. The molecule has 5 aromatic rings. The van der Waals surface area contributed by atoms with Crippen LogP contribution in [0.15, 0.2) is 83.8 Å². The zero-order valence-electron chi connectivity index (χ0n) is 29.9. The summed E-state index contributed by atoms with van der Waals surface area (Å²) in [5, 5.41) is 0.773. The maximum absolute atomic E-state index is 14.7. The van der Waals surface area contributed by atoms with Crippen molar-refractivity contribution in [3.05, 3.63) is 95.7 Å². The van der Waals surface area contributed by atoms with Gasteiger partial charge in [-0.05, 0) is 67.0 Å². The summed E-state index contributed by atoms with van der Waals surface area (Å²) < 4.78 is 44.7. The van der Waals surface area contributed by atoms with Gasteiger partial charge in [-0.3, -0.25) is 0 Å². The van der Waals surface area contributed by atoms with Crippen molar-refractivity contribution in [1.29, 1.82) is 0 Å². The van der Waals surface area contributed by atoms with Gasteiger partial charge in [-0.15, -0.1) is 0 Å². The molecule has 0 bridgehead atoms. The summed E-state index contributed by atoms with van der Waals surface area (Å²) in [6.45, 7) is 24.9. The van der Waals surface area contributed by atoms with Gasteiger partial charge in [-0.2, -0.15) is 0 Å². The van der Waals surface area contributed by atoms with Crippen LogP contribution in [-0.2, 0) is 32.1 Å². The zero-order valence-corrected chi connectivity index (χ0v) is 32.7. The summed E-state index contributed by atoms with van der Waals surface area (Å²) in [7, 11) is -8.41. The van der Waals surface area contributed by atoms with Crippen LogP contribution in [0.2, 0.25) is 36.3 Å². The topological polar surface area (TPSA) is 70.4 Å². The molecule has 0 amide bonds. The van der Waals surface area contributed by atoms with Crippen LogP contribution in [-0.4, -0.2) is 34.0 Å². The second-order valence-corrected chi connectivity index (χ2v) is 27.1. The van der Waals surface area contributed by atoms with Crippen molar-refractivity contribution in [1.82, 2.24) is 8.96 Å². The van der Waals surface area contributed by atoms with E-state index in [1.54, 1.807) is 12.1 Å². The molecule has 0 saturated heterocycles. The van der Waals surface area contributed by atoms with Crippen molar-refractivity contribution in [2.24, 2.45) is 0 Å². The number of hydrogen-bond donors (Lipinski definition) is 0. The number of benzene rings is 3. The van der Waals surface area contributed by atoms with E-state index in [0.29, 0.717) is 29.8 Å². The lowest BCUT2D eigenvalue weighted by molar-refractivity contribution is 0.254. The lowest BCUT2D eigenvalue weighted by Gasteiger charge is -2.37. The first-order chi connectivity index (χ1) is 21.8. The molecule has 5 rings (SSSR count). The summed E-state index contributed by atoms with van der Waals surface area (Å²) in [6.07, 6.45) is 0. The zero-order chi connectivity index (χ0) is 34.6. The molecule has 0 aliphatic heterocycles. The Morgan fingerprint density at radius 3 is 1.83 bits per heavy atom. The van der Waals surface area contributed by atoms with Crippen LogP contribution in [0.25, 0.3) is 33.1 Å². The lowest BCUT2D eigenvalue weighted by Crippen LogP contribution is -2.41. The maximum atomic E-state index is 14.7. The molecule has 2 heterocycles. The minimum absolute atomic E-state index is 0.00923. The van der Waals surface area contributed by atoms with Gasteiger partial charge in [-0.1, -0.05) is 108 Å². The Morgan fingerprint density at radius 1 is 0.723 bits per heavy atom. The average Bonchev–Trinajstić information content (AvgIpc) is 3.32.